The number of benzene rings is 1. The predicted octanol–water partition coefficient (Wildman–Crippen LogP) is 4.37. The average Bonchev–Trinajstić information content (AvgIpc) is 3.18. The highest BCUT2D eigenvalue weighted by atomic mass is 35.5. The highest BCUT2D eigenvalue weighted by molar-refractivity contribution is 7.10. The monoisotopic (exact) mass is 377 g/mol. The fourth-order valence-corrected chi connectivity index (χ4v) is 3.77. The molecule has 0 saturated heterocycles. The second-order valence-corrected chi connectivity index (χ2v) is 7.12. The third kappa shape index (κ3) is 3.91. The van der Waals surface area contributed by atoms with Gasteiger partial charge in [0.25, 0.3) is 5.91 Å². The van der Waals surface area contributed by atoms with Gasteiger partial charge in [0.05, 0.1) is 16.3 Å². The van der Waals surface area contributed by atoms with Gasteiger partial charge in [-0.2, -0.15) is 5.10 Å². The number of carbonyl (C=O) groups excluding carboxylic acids is 1. The minimum absolute atomic E-state index is 0.0938. The second-order valence-electron chi connectivity index (χ2n) is 5.74. The quantitative estimate of drug-likeness (QED) is 0.717. The molecule has 0 radical (unpaired) electrons. The summed E-state index contributed by atoms with van der Waals surface area (Å²) in [5.74, 6) is -0.811. The number of aromatic nitrogens is 2. The number of nitrogens with one attached hydrogen (secondary N) is 1. The number of thiophene rings is 1. The molecule has 3 aromatic rings. The lowest BCUT2D eigenvalue weighted by Crippen LogP contribution is -2.32. The third-order valence-electron chi connectivity index (χ3n) is 3.84. The van der Waals surface area contributed by atoms with Crippen LogP contribution in [0, 0.1) is 19.7 Å². The molecule has 0 fully saturated rings. The predicted molar refractivity (Wildman–Crippen MR) is 97.9 cm³/mol. The van der Waals surface area contributed by atoms with Crippen molar-refractivity contribution < 1.29 is 9.18 Å². The van der Waals surface area contributed by atoms with Crippen LogP contribution in [0.1, 0.15) is 32.7 Å². The maximum Gasteiger partial charge on any atom is 0.252 e. The number of halogens is 2. The standard InChI is InChI=1S/C18H17ClFN3OS/c1-11-8-12(2)23(22-11)16(17-4-3-7-25-17)10-21-18(24)14-6-5-13(20)9-15(14)19/h3-9,16H,10H2,1-2H3,(H,21,24). The molecule has 0 bridgehead atoms. The number of amides is 1. The minimum atomic E-state index is -0.472. The number of hydrogen-bond donors (Lipinski definition) is 1. The highest BCUT2D eigenvalue weighted by Gasteiger charge is 2.20. The highest BCUT2D eigenvalue weighted by Crippen LogP contribution is 2.24. The molecule has 1 amide bonds. The molecule has 0 aliphatic carbocycles. The Labute approximate surface area is 154 Å². The summed E-state index contributed by atoms with van der Waals surface area (Å²) in [6.45, 7) is 4.28. The van der Waals surface area contributed by atoms with Crippen molar-refractivity contribution in [2.75, 3.05) is 6.54 Å². The van der Waals surface area contributed by atoms with Crippen LogP contribution in [-0.4, -0.2) is 22.2 Å². The summed E-state index contributed by atoms with van der Waals surface area (Å²) < 4.78 is 15.1. The Morgan fingerprint density at radius 1 is 1.36 bits per heavy atom. The third-order valence-corrected chi connectivity index (χ3v) is 5.13. The summed E-state index contributed by atoms with van der Waals surface area (Å²) in [6.07, 6.45) is 0. The van der Waals surface area contributed by atoms with Crippen LogP contribution in [-0.2, 0) is 0 Å². The molecule has 4 nitrogen and oxygen atoms in total. The molecule has 2 heterocycles. The van der Waals surface area contributed by atoms with E-state index in [-0.39, 0.29) is 22.5 Å². The Morgan fingerprint density at radius 3 is 2.76 bits per heavy atom. The van der Waals surface area contributed by atoms with Crippen LogP contribution in [0.2, 0.25) is 5.02 Å². The summed E-state index contributed by atoms with van der Waals surface area (Å²) in [4.78, 5) is 13.5. The van der Waals surface area contributed by atoms with Crippen LogP contribution in [0.15, 0.2) is 41.8 Å². The van der Waals surface area contributed by atoms with Crippen LogP contribution in [0.5, 0.6) is 0 Å². The molecule has 1 N–H and O–H groups in total. The number of rotatable bonds is 5. The van der Waals surface area contributed by atoms with Crippen molar-refractivity contribution in [1.82, 2.24) is 15.1 Å². The van der Waals surface area contributed by atoms with Gasteiger partial charge in [-0.1, -0.05) is 17.7 Å². The minimum Gasteiger partial charge on any atom is -0.349 e. The summed E-state index contributed by atoms with van der Waals surface area (Å²) in [5, 5.41) is 9.51. The van der Waals surface area contributed by atoms with E-state index in [0.717, 1.165) is 22.3 Å². The summed E-state index contributed by atoms with van der Waals surface area (Å²) in [7, 11) is 0. The van der Waals surface area contributed by atoms with Crippen molar-refractivity contribution >= 4 is 28.8 Å². The topological polar surface area (TPSA) is 46.9 Å². The van der Waals surface area contributed by atoms with Gasteiger partial charge in [0.15, 0.2) is 0 Å². The molecule has 0 aliphatic heterocycles. The molecule has 0 saturated carbocycles. The van der Waals surface area contributed by atoms with Gasteiger partial charge in [0.2, 0.25) is 0 Å². The number of hydrogen-bond acceptors (Lipinski definition) is 3. The first-order chi connectivity index (χ1) is 12.0. The molecule has 130 valence electrons. The first-order valence-corrected chi connectivity index (χ1v) is 9.01. The molecule has 2 aromatic heterocycles. The summed E-state index contributed by atoms with van der Waals surface area (Å²) in [6, 6.07) is 9.61. The van der Waals surface area contributed by atoms with Crippen LogP contribution in [0.4, 0.5) is 4.39 Å². The molecule has 0 aliphatic rings. The molecular weight excluding hydrogens is 361 g/mol. The second kappa shape index (κ2) is 7.37. The van der Waals surface area contributed by atoms with E-state index in [4.69, 9.17) is 11.6 Å². The molecule has 25 heavy (non-hydrogen) atoms. The van der Waals surface area contributed by atoms with Gasteiger partial charge < -0.3 is 5.32 Å². The van der Waals surface area contributed by atoms with Crippen molar-refractivity contribution in [3.63, 3.8) is 0 Å². The van der Waals surface area contributed by atoms with Gasteiger partial charge in [-0.25, -0.2) is 4.39 Å². The van der Waals surface area contributed by atoms with Gasteiger partial charge >= 0.3 is 0 Å². The summed E-state index contributed by atoms with van der Waals surface area (Å²) in [5.41, 5.74) is 2.19. The van der Waals surface area contributed by atoms with Gasteiger partial charge in [0, 0.05) is 17.1 Å². The van der Waals surface area contributed by atoms with Crippen molar-refractivity contribution in [1.29, 1.82) is 0 Å². The van der Waals surface area contributed by atoms with Gasteiger partial charge in [0.1, 0.15) is 11.9 Å². The molecule has 3 rings (SSSR count). The van der Waals surface area contributed by atoms with E-state index in [1.54, 1.807) is 11.3 Å². The molecule has 1 aromatic carbocycles. The number of carbonyl (C=O) groups is 1. The van der Waals surface area contributed by atoms with E-state index >= 15 is 0 Å². The van der Waals surface area contributed by atoms with Crippen LogP contribution in [0.25, 0.3) is 0 Å². The SMILES string of the molecule is Cc1cc(C)n(C(CNC(=O)c2ccc(F)cc2Cl)c2cccs2)n1. The molecule has 0 spiro atoms. The van der Waals surface area contributed by atoms with Gasteiger partial charge in [-0.05, 0) is 49.6 Å². The van der Waals surface area contributed by atoms with Crippen LogP contribution in [0.3, 0.4) is 0 Å². The van der Waals surface area contributed by atoms with E-state index in [0.29, 0.717) is 6.54 Å². The zero-order chi connectivity index (χ0) is 18.0. The lowest BCUT2D eigenvalue weighted by atomic mass is 10.2. The normalized spacial score (nSPS) is 12.2. The molecule has 1 unspecified atom stereocenters. The van der Waals surface area contributed by atoms with Gasteiger partial charge in [-0.15, -0.1) is 11.3 Å². The van der Waals surface area contributed by atoms with Crippen molar-refractivity contribution in [3.8, 4) is 0 Å². The lowest BCUT2D eigenvalue weighted by molar-refractivity contribution is 0.0949. The molecule has 1 atom stereocenters. The van der Waals surface area contributed by atoms with E-state index in [2.05, 4.69) is 10.4 Å². The van der Waals surface area contributed by atoms with Crippen molar-refractivity contribution in [3.05, 3.63) is 74.4 Å². The Bertz CT molecular complexity index is 892. The summed E-state index contributed by atoms with van der Waals surface area (Å²) >= 11 is 7.58. The first kappa shape index (κ1) is 17.6. The van der Waals surface area contributed by atoms with E-state index < -0.39 is 5.82 Å². The van der Waals surface area contributed by atoms with Crippen molar-refractivity contribution in [2.45, 2.75) is 19.9 Å². The fourth-order valence-electron chi connectivity index (χ4n) is 2.71. The zero-order valence-corrected chi connectivity index (χ0v) is 15.4. The first-order valence-electron chi connectivity index (χ1n) is 7.75. The smallest absolute Gasteiger partial charge is 0.252 e. The molecular formula is C18H17ClFN3OS. The van der Waals surface area contributed by atoms with E-state index in [9.17, 15) is 9.18 Å². The Balaban J connectivity index is 1.82. The fraction of sp³-hybridized carbons (Fsp3) is 0.222. The van der Waals surface area contributed by atoms with E-state index in [1.807, 2.05) is 42.1 Å². The van der Waals surface area contributed by atoms with Crippen LogP contribution >= 0.6 is 22.9 Å². The maximum atomic E-state index is 13.2. The van der Waals surface area contributed by atoms with Crippen molar-refractivity contribution in [2.24, 2.45) is 0 Å². The Kier molecular flexibility index (Phi) is 5.20. The Morgan fingerprint density at radius 2 is 2.16 bits per heavy atom. The Hall–Kier alpha value is -2.18. The largest absolute Gasteiger partial charge is 0.349 e. The number of nitrogens with zero attached hydrogens (tertiary/aromatic N) is 2. The van der Waals surface area contributed by atoms with Gasteiger partial charge in [-0.3, -0.25) is 9.48 Å². The average molecular weight is 378 g/mol. The van der Waals surface area contributed by atoms with Crippen LogP contribution < -0.4 is 5.32 Å². The lowest BCUT2D eigenvalue weighted by Gasteiger charge is -2.19. The zero-order valence-electron chi connectivity index (χ0n) is 13.8. The van der Waals surface area contributed by atoms with E-state index in [1.165, 1.54) is 12.1 Å². The number of aryl methyl sites for hydroxylation is 2. The maximum absolute atomic E-state index is 13.2. The molecule has 7 heteroatoms.